The summed E-state index contributed by atoms with van der Waals surface area (Å²) < 4.78 is 0.815. The number of carbonyl (C=O) groups excluding carboxylic acids is 1. The number of fused-ring (bicyclic) bond motifs is 2. The van der Waals surface area contributed by atoms with E-state index in [0.29, 0.717) is 12.1 Å². The molecule has 106 valence electrons. The predicted molar refractivity (Wildman–Crippen MR) is 77.6 cm³/mol. The second-order valence-electron chi connectivity index (χ2n) is 5.30. The number of hydrogen-bond donors (Lipinski definition) is 2. The van der Waals surface area contributed by atoms with Crippen LogP contribution in [0.4, 0.5) is 10.5 Å². The molecule has 0 spiro atoms. The number of aliphatic carboxylic acids is 1. The average Bonchev–Trinajstić information content (AvgIpc) is 2.99. The Morgan fingerprint density at radius 3 is 2.70 bits per heavy atom. The maximum atomic E-state index is 12.4. The second-order valence-corrected chi connectivity index (χ2v) is 6.15. The highest BCUT2D eigenvalue weighted by molar-refractivity contribution is 9.10. The van der Waals surface area contributed by atoms with E-state index in [1.807, 2.05) is 24.3 Å². The van der Waals surface area contributed by atoms with Gasteiger partial charge >= 0.3 is 12.0 Å². The van der Waals surface area contributed by atoms with E-state index in [1.54, 1.807) is 4.90 Å². The van der Waals surface area contributed by atoms with Crippen molar-refractivity contribution < 1.29 is 14.7 Å². The molecule has 0 aliphatic carbocycles. The Bertz CT molecular complexity index is 563. The Hall–Kier alpha value is -1.56. The van der Waals surface area contributed by atoms with Gasteiger partial charge in [0, 0.05) is 16.6 Å². The van der Waals surface area contributed by atoms with Gasteiger partial charge in [-0.3, -0.25) is 4.79 Å². The van der Waals surface area contributed by atoms with E-state index in [9.17, 15) is 14.7 Å². The van der Waals surface area contributed by atoms with Crippen molar-refractivity contribution in [3.05, 3.63) is 28.7 Å². The molecule has 1 aromatic carbocycles. The summed E-state index contributed by atoms with van der Waals surface area (Å²) in [6.07, 6.45) is 2.26. The number of benzene rings is 1. The number of hydrogen-bond acceptors (Lipinski definition) is 2. The highest BCUT2D eigenvalue weighted by Crippen LogP contribution is 2.42. The Morgan fingerprint density at radius 2 is 2.05 bits per heavy atom. The minimum Gasteiger partial charge on any atom is -0.481 e. The highest BCUT2D eigenvalue weighted by Gasteiger charge is 2.51. The monoisotopic (exact) mass is 338 g/mol. The first-order valence-corrected chi connectivity index (χ1v) is 7.44. The normalized spacial score (nSPS) is 27.6. The van der Waals surface area contributed by atoms with Gasteiger partial charge in [-0.2, -0.15) is 0 Å². The zero-order valence-electron chi connectivity index (χ0n) is 10.8. The van der Waals surface area contributed by atoms with Gasteiger partial charge in [0.25, 0.3) is 0 Å². The molecule has 2 fully saturated rings. The molecule has 6 heteroatoms. The molecule has 0 aromatic heterocycles. The molecule has 2 saturated heterocycles. The molecule has 3 rings (SSSR count). The van der Waals surface area contributed by atoms with Gasteiger partial charge in [0.1, 0.15) is 0 Å². The van der Waals surface area contributed by atoms with Crippen molar-refractivity contribution in [2.45, 2.75) is 31.3 Å². The minimum atomic E-state index is -0.795. The van der Waals surface area contributed by atoms with Crippen molar-refractivity contribution in [1.29, 1.82) is 0 Å². The standard InChI is InChI=1S/C14H15BrN2O3/c15-10-3-1-2-4-11(10)16-14(20)17-8-5-6-12(17)9(7-8)13(18)19/h1-4,8-9,12H,5-7H2,(H,16,20)(H,18,19). The molecule has 3 unspecified atom stereocenters. The second kappa shape index (κ2) is 5.09. The fourth-order valence-electron chi connectivity index (χ4n) is 3.31. The lowest BCUT2D eigenvalue weighted by Crippen LogP contribution is -2.40. The number of nitrogens with zero attached hydrogens (tertiary/aromatic N) is 1. The molecule has 2 heterocycles. The maximum Gasteiger partial charge on any atom is 0.322 e. The van der Waals surface area contributed by atoms with Crippen LogP contribution in [-0.2, 0) is 4.79 Å². The van der Waals surface area contributed by atoms with Crippen LogP contribution in [-0.4, -0.2) is 34.1 Å². The summed E-state index contributed by atoms with van der Waals surface area (Å²) >= 11 is 3.39. The number of amides is 2. The number of rotatable bonds is 2. The number of anilines is 1. The zero-order valence-corrected chi connectivity index (χ0v) is 12.3. The first-order chi connectivity index (χ1) is 9.58. The van der Waals surface area contributed by atoms with Crippen LogP contribution in [0.1, 0.15) is 19.3 Å². The fraction of sp³-hybridized carbons (Fsp3) is 0.429. The number of carboxylic acid groups (broad SMARTS) is 1. The Morgan fingerprint density at radius 1 is 1.30 bits per heavy atom. The number of para-hydroxylation sites is 1. The van der Waals surface area contributed by atoms with Crippen molar-refractivity contribution in [1.82, 2.24) is 4.90 Å². The third-order valence-corrected chi connectivity index (χ3v) is 4.90. The predicted octanol–water partition coefficient (Wildman–Crippen LogP) is 2.92. The summed E-state index contributed by atoms with van der Waals surface area (Å²) in [6, 6.07) is 7.08. The summed E-state index contributed by atoms with van der Waals surface area (Å²) in [4.78, 5) is 25.3. The number of carboxylic acids is 1. The SMILES string of the molecule is O=C(O)C1CC2CCC1N2C(=O)Nc1ccccc1Br. The van der Waals surface area contributed by atoms with Gasteiger partial charge in [-0.25, -0.2) is 4.79 Å². The van der Waals surface area contributed by atoms with Crippen molar-refractivity contribution in [3.8, 4) is 0 Å². The van der Waals surface area contributed by atoms with Crippen molar-refractivity contribution >= 4 is 33.6 Å². The molecule has 2 bridgehead atoms. The molecule has 2 amide bonds. The van der Waals surface area contributed by atoms with E-state index >= 15 is 0 Å². The van der Waals surface area contributed by atoms with E-state index < -0.39 is 11.9 Å². The van der Waals surface area contributed by atoms with Crippen LogP contribution in [0.25, 0.3) is 0 Å². The Balaban J connectivity index is 1.76. The molecule has 20 heavy (non-hydrogen) atoms. The van der Waals surface area contributed by atoms with Crippen molar-refractivity contribution in [2.75, 3.05) is 5.32 Å². The molecule has 3 atom stereocenters. The summed E-state index contributed by atoms with van der Waals surface area (Å²) in [6.45, 7) is 0. The number of urea groups is 1. The number of nitrogens with one attached hydrogen (secondary N) is 1. The third-order valence-electron chi connectivity index (χ3n) is 4.20. The van der Waals surface area contributed by atoms with Gasteiger partial charge in [0.05, 0.1) is 11.6 Å². The first kappa shape index (κ1) is 13.4. The average molecular weight is 339 g/mol. The Labute approximate surface area is 125 Å². The lowest BCUT2D eigenvalue weighted by molar-refractivity contribution is -0.142. The highest BCUT2D eigenvalue weighted by atomic mass is 79.9. The molecule has 5 nitrogen and oxygen atoms in total. The van der Waals surface area contributed by atoms with E-state index in [-0.39, 0.29) is 18.1 Å². The van der Waals surface area contributed by atoms with Gasteiger partial charge in [0.15, 0.2) is 0 Å². The van der Waals surface area contributed by atoms with Gasteiger partial charge < -0.3 is 15.3 Å². The molecular weight excluding hydrogens is 324 g/mol. The van der Waals surface area contributed by atoms with Crippen LogP contribution in [0.3, 0.4) is 0 Å². The quantitative estimate of drug-likeness (QED) is 0.870. The lowest BCUT2D eigenvalue weighted by atomic mass is 9.89. The number of carbonyl (C=O) groups is 2. The fourth-order valence-corrected chi connectivity index (χ4v) is 3.70. The van der Waals surface area contributed by atoms with Gasteiger partial charge in [0.2, 0.25) is 0 Å². The largest absolute Gasteiger partial charge is 0.481 e. The molecule has 2 N–H and O–H groups in total. The molecule has 2 aliphatic rings. The van der Waals surface area contributed by atoms with Crippen molar-refractivity contribution in [3.63, 3.8) is 0 Å². The molecule has 0 radical (unpaired) electrons. The van der Waals surface area contributed by atoms with Crippen LogP contribution in [0.2, 0.25) is 0 Å². The minimum absolute atomic E-state index is 0.0589. The van der Waals surface area contributed by atoms with Crippen LogP contribution in [0, 0.1) is 5.92 Å². The van der Waals surface area contributed by atoms with Crippen LogP contribution < -0.4 is 5.32 Å². The Kier molecular flexibility index (Phi) is 3.41. The topological polar surface area (TPSA) is 69.6 Å². The van der Waals surface area contributed by atoms with Gasteiger partial charge in [-0.05, 0) is 47.3 Å². The molecule has 1 aromatic rings. The zero-order chi connectivity index (χ0) is 14.3. The van der Waals surface area contributed by atoms with Crippen LogP contribution in [0.5, 0.6) is 0 Å². The smallest absolute Gasteiger partial charge is 0.322 e. The maximum absolute atomic E-state index is 12.4. The summed E-state index contributed by atoms with van der Waals surface area (Å²) in [5.41, 5.74) is 0.704. The first-order valence-electron chi connectivity index (χ1n) is 6.64. The van der Waals surface area contributed by atoms with Crippen molar-refractivity contribution in [2.24, 2.45) is 5.92 Å². The molecular formula is C14H15BrN2O3. The van der Waals surface area contributed by atoms with Gasteiger partial charge in [-0.15, -0.1) is 0 Å². The third kappa shape index (κ3) is 2.18. The van der Waals surface area contributed by atoms with Gasteiger partial charge in [-0.1, -0.05) is 12.1 Å². The van der Waals surface area contributed by atoms with Crippen LogP contribution >= 0.6 is 15.9 Å². The van der Waals surface area contributed by atoms with Crippen LogP contribution in [0.15, 0.2) is 28.7 Å². The van der Waals surface area contributed by atoms with E-state index in [2.05, 4.69) is 21.2 Å². The summed E-state index contributed by atoms with van der Waals surface area (Å²) in [5.74, 6) is -1.21. The van der Waals surface area contributed by atoms with E-state index in [1.165, 1.54) is 0 Å². The van der Waals surface area contributed by atoms with E-state index in [4.69, 9.17) is 0 Å². The van der Waals surface area contributed by atoms with E-state index in [0.717, 1.165) is 17.3 Å². The number of halogens is 1. The molecule has 2 aliphatic heterocycles. The summed E-state index contributed by atoms with van der Waals surface area (Å²) in [7, 11) is 0. The lowest BCUT2D eigenvalue weighted by Gasteiger charge is -2.23. The summed E-state index contributed by atoms with van der Waals surface area (Å²) in [5, 5.41) is 12.1. The molecule has 0 saturated carbocycles.